The Balaban J connectivity index is 1.29. The predicted molar refractivity (Wildman–Crippen MR) is 113 cm³/mol. The van der Waals surface area contributed by atoms with Gasteiger partial charge in [-0.1, -0.05) is 18.2 Å². The fourth-order valence-electron chi connectivity index (χ4n) is 3.26. The van der Waals surface area contributed by atoms with Crippen molar-refractivity contribution in [3.8, 4) is 11.6 Å². The van der Waals surface area contributed by atoms with Crippen molar-refractivity contribution in [3.05, 3.63) is 60.4 Å². The lowest BCUT2D eigenvalue weighted by Crippen LogP contribution is -2.50. The summed E-state index contributed by atoms with van der Waals surface area (Å²) in [5.41, 5.74) is 0.910. The van der Waals surface area contributed by atoms with E-state index < -0.39 is 10.0 Å². The molecule has 1 aliphatic rings. The summed E-state index contributed by atoms with van der Waals surface area (Å²) in [6, 6.07) is 14.9. The maximum Gasteiger partial charge on any atom is 0.217 e. The molecule has 1 fully saturated rings. The van der Waals surface area contributed by atoms with Crippen LogP contribution in [-0.4, -0.2) is 71.2 Å². The number of piperazine rings is 1. The number of anilines is 1. The van der Waals surface area contributed by atoms with Crippen LogP contribution in [0.5, 0.6) is 5.75 Å². The van der Waals surface area contributed by atoms with Crippen LogP contribution in [0.1, 0.15) is 5.69 Å². The van der Waals surface area contributed by atoms with Gasteiger partial charge in [0.05, 0.1) is 11.4 Å². The third kappa shape index (κ3) is 4.77. The molecule has 4 rings (SSSR count). The first-order chi connectivity index (χ1) is 14.5. The Bertz CT molecular complexity index is 1060. The number of aromatic nitrogens is 4. The molecule has 0 aliphatic carbocycles. The molecule has 0 atom stereocenters. The number of hydrogen-bond acceptors (Lipinski definition) is 7. The predicted octanol–water partition coefficient (Wildman–Crippen LogP) is 1.50. The number of rotatable bonds is 7. The fraction of sp³-hybridized carbons (Fsp3) is 0.350. The van der Waals surface area contributed by atoms with Crippen LogP contribution in [0, 0.1) is 6.92 Å². The summed E-state index contributed by atoms with van der Waals surface area (Å²) in [6.07, 6.45) is 1.84. The van der Waals surface area contributed by atoms with Gasteiger partial charge in [-0.3, -0.25) is 0 Å². The maximum atomic E-state index is 12.6. The van der Waals surface area contributed by atoms with Crippen molar-refractivity contribution in [2.24, 2.45) is 0 Å². The highest BCUT2D eigenvalue weighted by molar-refractivity contribution is 7.89. The molecule has 30 heavy (non-hydrogen) atoms. The fourth-order valence-corrected chi connectivity index (χ4v) is 4.53. The monoisotopic (exact) mass is 428 g/mol. The quantitative estimate of drug-likeness (QED) is 0.563. The van der Waals surface area contributed by atoms with E-state index in [1.807, 2.05) is 66.6 Å². The Hall–Kier alpha value is -2.98. The van der Waals surface area contributed by atoms with Crippen LogP contribution in [-0.2, 0) is 10.0 Å². The average Bonchev–Trinajstić information content (AvgIpc) is 3.21. The van der Waals surface area contributed by atoms with Crippen LogP contribution in [0.2, 0.25) is 0 Å². The Morgan fingerprint density at radius 2 is 1.63 bits per heavy atom. The van der Waals surface area contributed by atoms with Gasteiger partial charge in [-0.25, -0.2) is 13.1 Å². The van der Waals surface area contributed by atoms with Crippen LogP contribution in [0.15, 0.2) is 54.7 Å². The van der Waals surface area contributed by atoms with Gasteiger partial charge < -0.3 is 9.64 Å². The maximum absolute atomic E-state index is 12.6. The Kier molecular flexibility index (Phi) is 5.96. The van der Waals surface area contributed by atoms with Gasteiger partial charge in [0.15, 0.2) is 11.6 Å². The van der Waals surface area contributed by atoms with E-state index in [1.165, 1.54) is 4.31 Å². The lowest BCUT2D eigenvalue weighted by Gasteiger charge is -2.34. The zero-order valence-corrected chi connectivity index (χ0v) is 17.6. The summed E-state index contributed by atoms with van der Waals surface area (Å²) in [4.78, 5) is 2.04. The number of sulfonamides is 1. The van der Waals surface area contributed by atoms with Gasteiger partial charge in [-0.05, 0) is 37.3 Å². The molecule has 1 aliphatic heterocycles. The van der Waals surface area contributed by atoms with E-state index in [1.54, 1.807) is 4.68 Å². The summed E-state index contributed by atoms with van der Waals surface area (Å²) in [7, 11) is -3.37. The normalized spacial score (nSPS) is 15.3. The van der Waals surface area contributed by atoms with E-state index in [2.05, 4.69) is 15.3 Å². The van der Waals surface area contributed by atoms with E-state index in [-0.39, 0.29) is 12.4 Å². The highest BCUT2D eigenvalue weighted by atomic mass is 32.2. The van der Waals surface area contributed by atoms with E-state index in [0.717, 1.165) is 11.5 Å². The average molecular weight is 429 g/mol. The summed E-state index contributed by atoms with van der Waals surface area (Å²) in [5.74, 6) is 2.00. The molecular weight excluding hydrogens is 404 g/mol. The van der Waals surface area contributed by atoms with Crippen molar-refractivity contribution >= 4 is 15.8 Å². The Morgan fingerprint density at radius 1 is 0.933 bits per heavy atom. The summed E-state index contributed by atoms with van der Waals surface area (Å²) >= 11 is 0. The second-order valence-corrected chi connectivity index (χ2v) is 9.10. The zero-order chi connectivity index (χ0) is 21.0. The molecule has 9 nitrogen and oxygen atoms in total. The first-order valence-electron chi connectivity index (χ1n) is 9.78. The number of hydrogen-bond donors (Lipinski definition) is 0. The largest absolute Gasteiger partial charge is 0.492 e. The van der Waals surface area contributed by atoms with Crippen molar-refractivity contribution in [2.75, 3.05) is 43.4 Å². The third-order valence-corrected chi connectivity index (χ3v) is 6.74. The van der Waals surface area contributed by atoms with Crippen molar-refractivity contribution in [3.63, 3.8) is 0 Å². The van der Waals surface area contributed by atoms with Gasteiger partial charge in [0.25, 0.3) is 0 Å². The smallest absolute Gasteiger partial charge is 0.217 e. The number of benzene rings is 1. The molecule has 2 aromatic heterocycles. The third-order valence-electron chi connectivity index (χ3n) is 4.90. The summed E-state index contributed by atoms with van der Waals surface area (Å²) in [5, 5.41) is 12.8. The van der Waals surface area contributed by atoms with Gasteiger partial charge >= 0.3 is 0 Å². The van der Waals surface area contributed by atoms with Crippen LogP contribution in [0.3, 0.4) is 0 Å². The summed E-state index contributed by atoms with van der Waals surface area (Å²) in [6.45, 7) is 4.00. The van der Waals surface area contributed by atoms with Crippen LogP contribution in [0.4, 0.5) is 5.82 Å². The van der Waals surface area contributed by atoms with Crippen LogP contribution >= 0.6 is 0 Å². The summed E-state index contributed by atoms with van der Waals surface area (Å²) < 4.78 is 33.9. The molecule has 3 aromatic rings. The lowest BCUT2D eigenvalue weighted by atomic mass is 10.3. The molecule has 0 radical (unpaired) electrons. The minimum Gasteiger partial charge on any atom is -0.492 e. The SMILES string of the molecule is Cc1ccn(-c2ccc(N3CCN(S(=O)(=O)CCOc4ccccc4)CC3)nn2)n1. The van der Waals surface area contributed by atoms with Gasteiger partial charge in [0.1, 0.15) is 12.4 Å². The van der Waals surface area contributed by atoms with Crippen molar-refractivity contribution in [2.45, 2.75) is 6.92 Å². The van der Waals surface area contributed by atoms with E-state index in [4.69, 9.17) is 4.74 Å². The van der Waals surface area contributed by atoms with Crippen molar-refractivity contribution in [1.29, 1.82) is 0 Å². The van der Waals surface area contributed by atoms with E-state index >= 15 is 0 Å². The minimum atomic E-state index is -3.37. The molecular formula is C20H24N6O3S. The van der Waals surface area contributed by atoms with Gasteiger partial charge in [0, 0.05) is 32.4 Å². The molecule has 0 spiro atoms. The van der Waals surface area contributed by atoms with Crippen molar-refractivity contribution in [1.82, 2.24) is 24.3 Å². The topological polar surface area (TPSA) is 93.5 Å². The van der Waals surface area contributed by atoms with Gasteiger partial charge in [0.2, 0.25) is 10.0 Å². The van der Waals surface area contributed by atoms with Gasteiger partial charge in [-0.15, -0.1) is 10.2 Å². The minimum absolute atomic E-state index is 0.0420. The molecule has 1 saturated heterocycles. The van der Waals surface area contributed by atoms with Crippen LogP contribution in [0.25, 0.3) is 5.82 Å². The molecule has 0 saturated carbocycles. The molecule has 0 unspecified atom stereocenters. The second-order valence-electron chi connectivity index (χ2n) is 7.02. The molecule has 3 heterocycles. The zero-order valence-electron chi connectivity index (χ0n) is 16.8. The first kappa shape index (κ1) is 20.3. The van der Waals surface area contributed by atoms with Gasteiger partial charge in [-0.2, -0.15) is 9.40 Å². The number of nitrogens with zero attached hydrogens (tertiary/aromatic N) is 6. The molecule has 0 bridgehead atoms. The molecule has 1 aromatic carbocycles. The van der Waals surface area contributed by atoms with Crippen molar-refractivity contribution < 1.29 is 13.2 Å². The standard InChI is InChI=1S/C20H24N6O3S/c1-17-9-10-26(23-17)20-8-7-19(21-22-20)24-11-13-25(14-12-24)30(27,28)16-15-29-18-5-3-2-4-6-18/h2-10H,11-16H2,1H3. The highest BCUT2D eigenvalue weighted by Crippen LogP contribution is 2.16. The number of para-hydroxylation sites is 1. The first-order valence-corrected chi connectivity index (χ1v) is 11.4. The molecule has 10 heteroatoms. The molecule has 0 amide bonds. The van der Waals surface area contributed by atoms with E-state index in [0.29, 0.717) is 37.7 Å². The second kappa shape index (κ2) is 8.80. The van der Waals surface area contributed by atoms with Crippen LogP contribution < -0.4 is 9.64 Å². The van der Waals surface area contributed by atoms with E-state index in [9.17, 15) is 8.42 Å². The molecule has 158 valence electrons. The Labute approximate surface area is 176 Å². The molecule has 0 N–H and O–H groups in total. The lowest BCUT2D eigenvalue weighted by molar-refractivity contribution is 0.331. The number of aryl methyl sites for hydroxylation is 1. The number of ether oxygens (including phenoxy) is 1. The highest BCUT2D eigenvalue weighted by Gasteiger charge is 2.27. The Morgan fingerprint density at radius 3 is 2.27 bits per heavy atom.